The molecule has 1 rings (SSSR count). The van der Waals surface area contributed by atoms with Crippen LogP contribution in [0.4, 0.5) is 5.69 Å². The number of anilines is 1. The molecule has 1 atom stereocenters. The van der Waals surface area contributed by atoms with Crippen LogP contribution < -0.4 is 5.32 Å². The number of para-hydroxylation sites is 1. The minimum absolute atomic E-state index is 0.746. The second-order valence-corrected chi connectivity index (χ2v) is 4.48. The van der Waals surface area contributed by atoms with Crippen LogP contribution in [0, 0.1) is 11.8 Å². The van der Waals surface area contributed by atoms with Crippen molar-refractivity contribution in [2.45, 2.75) is 27.2 Å². The van der Waals surface area contributed by atoms with Gasteiger partial charge in [-0.1, -0.05) is 39.0 Å². The number of nitrogens with one attached hydrogen (secondary N) is 1. The fourth-order valence-electron chi connectivity index (χ4n) is 1.74. The van der Waals surface area contributed by atoms with Gasteiger partial charge in [-0.05, 0) is 30.4 Å². The van der Waals surface area contributed by atoms with Gasteiger partial charge in [0.25, 0.3) is 0 Å². The predicted octanol–water partition coefficient (Wildman–Crippen LogP) is 3.78. The van der Waals surface area contributed by atoms with E-state index >= 15 is 0 Å². The van der Waals surface area contributed by atoms with Gasteiger partial charge in [0.05, 0.1) is 0 Å². The Labute approximate surface area is 87.5 Å². The van der Waals surface area contributed by atoms with Gasteiger partial charge in [0.1, 0.15) is 0 Å². The van der Waals surface area contributed by atoms with Crippen LogP contribution in [0.25, 0.3) is 0 Å². The Morgan fingerprint density at radius 2 is 1.71 bits per heavy atom. The lowest BCUT2D eigenvalue weighted by atomic mass is 9.99. The van der Waals surface area contributed by atoms with Gasteiger partial charge in [0.2, 0.25) is 0 Å². The molecular weight excluding hydrogens is 170 g/mol. The standard InChI is InChI=1S/C13H21N/c1-11(2)9-12(3)10-14-13-7-5-4-6-8-13/h4-8,11-12,14H,9-10H2,1-3H3. The van der Waals surface area contributed by atoms with Crippen LogP contribution in [0.3, 0.4) is 0 Å². The molecule has 1 aromatic carbocycles. The first-order valence-electron chi connectivity index (χ1n) is 5.47. The minimum atomic E-state index is 0.746. The summed E-state index contributed by atoms with van der Waals surface area (Å²) in [6.45, 7) is 7.93. The average Bonchev–Trinajstić information content (AvgIpc) is 2.15. The van der Waals surface area contributed by atoms with E-state index in [9.17, 15) is 0 Å². The van der Waals surface area contributed by atoms with Crippen molar-refractivity contribution in [3.63, 3.8) is 0 Å². The van der Waals surface area contributed by atoms with Crippen LogP contribution in [0.5, 0.6) is 0 Å². The molecule has 1 nitrogen and oxygen atoms in total. The van der Waals surface area contributed by atoms with Gasteiger partial charge in [0.15, 0.2) is 0 Å². The van der Waals surface area contributed by atoms with Gasteiger partial charge in [-0.25, -0.2) is 0 Å². The third kappa shape index (κ3) is 4.31. The highest BCUT2D eigenvalue weighted by molar-refractivity contribution is 5.42. The molecule has 1 N–H and O–H groups in total. The van der Waals surface area contributed by atoms with Crippen molar-refractivity contribution in [3.8, 4) is 0 Å². The summed E-state index contributed by atoms with van der Waals surface area (Å²) in [6, 6.07) is 10.4. The van der Waals surface area contributed by atoms with Crippen molar-refractivity contribution in [2.75, 3.05) is 11.9 Å². The van der Waals surface area contributed by atoms with Crippen LogP contribution in [0.1, 0.15) is 27.2 Å². The van der Waals surface area contributed by atoms with Gasteiger partial charge < -0.3 is 5.32 Å². The second-order valence-electron chi connectivity index (χ2n) is 4.48. The summed E-state index contributed by atoms with van der Waals surface area (Å²) in [6.07, 6.45) is 1.29. The smallest absolute Gasteiger partial charge is 0.0340 e. The number of rotatable bonds is 5. The predicted molar refractivity (Wildman–Crippen MR) is 63.6 cm³/mol. The normalized spacial score (nSPS) is 12.9. The lowest BCUT2D eigenvalue weighted by Crippen LogP contribution is -2.13. The van der Waals surface area contributed by atoms with E-state index in [0.717, 1.165) is 18.4 Å². The molecule has 0 saturated heterocycles. The fourth-order valence-corrected chi connectivity index (χ4v) is 1.74. The van der Waals surface area contributed by atoms with Crippen LogP contribution in [-0.4, -0.2) is 6.54 Å². The fraction of sp³-hybridized carbons (Fsp3) is 0.538. The van der Waals surface area contributed by atoms with Crippen LogP contribution in [-0.2, 0) is 0 Å². The van der Waals surface area contributed by atoms with E-state index < -0.39 is 0 Å². The maximum absolute atomic E-state index is 3.45. The zero-order valence-corrected chi connectivity index (χ0v) is 9.46. The molecule has 0 radical (unpaired) electrons. The lowest BCUT2D eigenvalue weighted by Gasteiger charge is -2.15. The van der Waals surface area contributed by atoms with E-state index in [1.54, 1.807) is 0 Å². The molecule has 0 heterocycles. The second kappa shape index (κ2) is 5.69. The maximum Gasteiger partial charge on any atom is 0.0340 e. The summed E-state index contributed by atoms with van der Waals surface area (Å²) in [5.74, 6) is 1.54. The monoisotopic (exact) mass is 191 g/mol. The van der Waals surface area contributed by atoms with E-state index in [0.29, 0.717) is 0 Å². The Balaban J connectivity index is 2.27. The summed E-state index contributed by atoms with van der Waals surface area (Å²) in [5, 5.41) is 3.45. The Hall–Kier alpha value is -0.980. The first-order chi connectivity index (χ1) is 6.68. The molecule has 1 unspecified atom stereocenters. The lowest BCUT2D eigenvalue weighted by molar-refractivity contribution is 0.455. The van der Waals surface area contributed by atoms with E-state index in [1.807, 2.05) is 6.07 Å². The van der Waals surface area contributed by atoms with Crippen molar-refractivity contribution < 1.29 is 0 Å². The van der Waals surface area contributed by atoms with Crippen LogP contribution >= 0.6 is 0 Å². The van der Waals surface area contributed by atoms with Crippen molar-refractivity contribution in [1.82, 2.24) is 0 Å². The Bertz CT molecular complexity index is 241. The molecule has 0 saturated carbocycles. The Morgan fingerprint density at radius 3 is 2.29 bits per heavy atom. The summed E-state index contributed by atoms with van der Waals surface area (Å²) in [4.78, 5) is 0. The van der Waals surface area contributed by atoms with E-state index in [2.05, 4.69) is 50.4 Å². The molecule has 0 aliphatic heterocycles. The quantitative estimate of drug-likeness (QED) is 0.747. The Kier molecular flexibility index (Phi) is 4.51. The molecule has 0 aliphatic carbocycles. The number of benzene rings is 1. The van der Waals surface area contributed by atoms with Crippen molar-refractivity contribution in [3.05, 3.63) is 30.3 Å². The molecule has 1 aromatic rings. The zero-order valence-electron chi connectivity index (χ0n) is 9.46. The molecule has 1 heteroatoms. The molecule has 78 valence electrons. The minimum Gasteiger partial charge on any atom is -0.385 e. The van der Waals surface area contributed by atoms with Crippen LogP contribution in [0.2, 0.25) is 0 Å². The first-order valence-corrected chi connectivity index (χ1v) is 5.47. The van der Waals surface area contributed by atoms with Crippen molar-refractivity contribution in [1.29, 1.82) is 0 Å². The third-order valence-electron chi connectivity index (χ3n) is 2.30. The SMILES string of the molecule is CC(C)CC(C)CNc1ccccc1. The van der Waals surface area contributed by atoms with Crippen LogP contribution in [0.15, 0.2) is 30.3 Å². The largest absolute Gasteiger partial charge is 0.385 e. The molecule has 14 heavy (non-hydrogen) atoms. The maximum atomic E-state index is 3.45. The highest BCUT2D eigenvalue weighted by atomic mass is 14.9. The van der Waals surface area contributed by atoms with Gasteiger partial charge in [0, 0.05) is 12.2 Å². The summed E-state index contributed by atoms with van der Waals surface area (Å²) in [5.41, 5.74) is 1.23. The van der Waals surface area contributed by atoms with E-state index in [-0.39, 0.29) is 0 Å². The van der Waals surface area contributed by atoms with E-state index in [1.165, 1.54) is 12.1 Å². The molecular formula is C13H21N. The average molecular weight is 191 g/mol. The zero-order chi connectivity index (χ0) is 10.4. The van der Waals surface area contributed by atoms with Gasteiger partial charge in [-0.15, -0.1) is 0 Å². The van der Waals surface area contributed by atoms with Gasteiger partial charge in [-0.3, -0.25) is 0 Å². The molecule has 0 spiro atoms. The number of hydrogen-bond acceptors (Lipinski definition) is 1. The molecule has 0 aliphatic rings. The Morgan fingerprint density at radius 1 is 1.07 bits per heavy atom. The topological polar surface area (TPSA) is 12.0 Å². The first kappa shape index (κ1) is 11.1. The van der Waals surface area contributed by atoms with E-state index in [4.69, 9.17) is 0 Å². The number of hydrogen-bond donors (Lipinski definition) is 1. The van der Waals surface area contributed by atoms with Gasteiger partial charge >= 0.3 is 0 Å². The highest BCUT2D eigenvalue weighted by Crippen LogP contribution is 2.12. The van der Waals surface area contributed by atoms with Gasteiger partial charge in [-0.2, -0.15) is 0 Å². The molecule has 0 aromatic heterocycles. The molecule has 0 amide bonds. The summed E-state index contributed by atoms with van der Waals surface area (Å²) < 4.78 is 0. The molecule has 0 fully saturated rings. The van der Waals surface area contributed by atoms with Crippen molar-refractivity contribution >= 4 is 5.69 Å². The third-order valence-corrected chi connectivity index (χ3v) is 2.30. The summed E-state index contributed by atoms with van der Waals surface area (Å²) in [7, 11) is 0. The molecule has 0 bridgehead atoms. The van der Waals surface area contributed by atoms with Crippen molar-refractivity contribution in [2.24, 2.45) is 11.8 Å². The highest BCUT2D eigenvalue weighted by Gasteiger charge is 2.04. The summed E-state index contributed by atoms with van der Waals surface area (Å²) >= 11 is 0.